The number of ether oxygens (including phenoxy) is 2. The first-order valence-corrected chi connectivity index (χ1v) is 8.95. The Morgan fingerprint density at radius 1 is 1.07 bits per heavy atom. The minimum absolute atomic E-state index is 0.543. The van der Waals surface area contributed by atoms with Crippen LogP contribution in [0, 0.1) is 0 Å². The second-order valence-corrected chi connectivity index (χ2v) is 6.02. The normalized spacial score (nSPS) is 11.6. The van der Waals surface area contributed by atoms with Crippen LogP contribution in [0.2, 0.25) is 0 Å². The molecule has 6 heteroatoms. The predicted octanol–water partition coefficient (Wildman–Crippen LogP) is 4.04. The van der Waals surface area contributed by atoms with Crippen LogP contribution >= 0.6 is 0 Å². The van der Waals surface area contributed by atoms with Gasteiger partial charge >= 0.3 is 0 Å². The summed E-state index contributed by atoms with van der Waals surface area (Å²) in [5, 5.41) is 7.62. The van der Waals surface area contributed by atoms with Crippen LogP contribution in [-0.2, 0) is 11.3 Å². The summed E-state index contributed by atoms with van der Waals surface area (Å²) in [5.41, 5.74) is 1.78. The van der Waals surface area contributed by atoms with Crippen LogP contribution in [0.5, 0.6) is 5.75 Å². The highest BCUT2D eigenvalue weighted by Crippen LogP contribution is 2.19. The first kappa shape index (κ1) is 18.8. The highest BCUT2D eigenvalue weighted by molar-refractivity contribution is 5.93. The van der Waals surface area contributed by atoms with Gasteiger partial charge in [0.15, 0.2) is 5.96 Å². The van der Waals surface area contributed by atoms with Crippen molar-refractivity contribution in [3.8, 4) is 5.75 Å². The molecule has 0 atom stereocenters. The number of fused-ring (bicyclic) bond motifs is 1. The van der Waals surface area contributed by atoms with Gasteiger partial charge in [0.2, 0.25) is 0 Å². The van der Waals surface area contributed by atoms with Gasteiger partial charge in [0.1, 0.15) is 17.1 Å². The molecule has 0 saturated heterocycles. The molecule has 0 aliphatic rings. The monoisotopic (exact) mass is 367 g/mol. The molecule has 0 bridgehead atoms. The van der Waals surface area contributed by atoms with E-state index in [1.807, 2.05) is 54.6 Å². The van der Waals surface area contributed by atoms with Crippen LogP contribution in [-0.4, -0.2) is 33.3 Å². The molecule has 1 heterocycles. The Hall–Kier alpha value is -2.99. The van der Waals surface area contributed by atoms with Gasteiger partial charge in [0, 0.05) is 44.3 Å². The zero-order valence-electron chi connectivity index (χ0n) is 15.7. The van der Waals surface area contributed by atoms with Crippen molar-refractivity contribution in [1.82, 2.24) is 5.32 Å². The molecule has 0 unspecified atom stereocenters. The number of furan rings is 1. The van der Waals surface area contributed by atoms with Gasteiger partial charge in [-0.15, -0.1) is 0 Å². The average Bonchev–Trinajstić information content (AvgIpc) is 3.12. The molecular formula is C21H25N3O3. The number of nitrogens with zero attached hydrogens (tertiary/aromatic N) is 1. The van der Waals surface area contributed by atoms with E-state index in [0.29, 0.717) is 25.7 Å². The third-order valence-electron chi connectivity index (χ3n) is 3.99. The first-order valence-electron chi connectivity index (χ1n) is 8.95. The standard InChI is InChI=1S/C21H25N3O3/c1-22-21(23-15-19-13-16-7-3-4-10-20(16)27-19)24-17-8-5-9-18(14-17)26-12-6-11-25-2/h3-5,7-10,13-14H,6,11-12,15H2,1-2H3,(H2,22,23,24). The SMILES string of the molecule is CN=C(NCc1cc2ccccc2o1)Nc1cccc(OCCCOC)c1. The van der Waals surface area contributed by atoms with E-state index in [1.165, 1.54) is 0 Å². The second kappa shape index (κ2) is 9.64. The van der Waals surface area contributed by atoms with Crippen molar-refractivity contribution in [3.63, 3.8) is 0 Å². The zero-order valence-corrected chi connectivity index (χ0v) is 15.7. The minimum atomic E-state index is 0.543. The van der Waals surface area contributed by atoms with Crippen molar-refractivity contribution >= 4 is 22.6 Å². The second-order valence-electron chi connectivity index (χ2n) is 6.02. The fourth-order valence-corrected chi connectivity index (χ4v) is 2.67. The summed E-state index contributed by atoms with van der Waals surface area (Å²) >= 11 is 0. The van der Waals surface area contributed by atoms with Gasteiger partial charge in [0.05, 0.1) is 13.2 Å². The highest BCUT2D eigenvalue weighted by Gasteiger charge is 2.05. The molecule has 0 amide bonds. The van der Waals surface area contributed by atoms with E-state index < -0.39 is 0 Å². The summed E-state index contributed by atoms with van der Waals surface area (Å²) < 4.78 is 16.6. The summed E-state index contributed by atoms with van der Waals surface area (Å²) in [6, 6.07) is 17.8. The topological polar surface area (TPSA) is 68.0 Å². The molecule has 0 aliphatic carbocycles. The van der Waals surface area contributed by atoms with E-state index >= 15 is 0 Å². The number of hydrogen-bond donors (Lipinski definition) is 2. The number of benzene rings is 2. The molecule has 0 aliphatic heterocycles. The Bertz CT molecular complexity index is 856. The number of para-hydroxylation sites is 1. The number of methoxy groups -OCH3 is 1. The maximum atomic E-state index is 5.82. The lowest BCUT2D eigenvalue weighted by Gasteiger charge is -2.12. The Labute approximate surface area is 159 Å². The van der Waals surface area contributed by atoms with Crippen molar-refractivity contribution in [3.05, 3.63) is 60.4 Å². The number of guanidine groups is 1. The number of rotatable bonds is 8. The highest BCUT2D eigenvalue weighted by atomic mass is 16.5. The lowest BCUT2D eigenvalue weighted by molar-refractivity contribution is 0.172. The van der Waals surface area contributed by atoms with Crippen molar-refractivity contribution in [2.24, 2.45) is 4.99 Å². The number of hydrogen-bond acceptors (Lipinski definition) is 4. The van der Waals surface area contributed by atoms with Crippen molar-refractivity contribution in [2.45, 2.75) is 13.0 Å². The van der Waals surface area contributed by atoms with Crippen molar-refractivity contribution < 1.29 is 13.9 Å². The number of anilines is 1. The van der Waals surface area contributed by atoms with E-state index in [0.717, 1.165) is 34.6 Å². The fraction of sp³-hybridized carbons (Fsp3) is 0.286. The Morgan fingerprint density at radius 3 is 2.78 bits per heavy atom. The van der Waals surface area contributed by atoms with E-state index in [1.54, 1.807) is 14.2 Å². The molecular weight excluding hydrogens is 342 g/mol. The smallest absolute Gasteiger partial charge is 0.195 e. The van der Waals surface area contributed by atoms with Gasteiger partial charge in [-0.1, -0.05) is 24.3 Å². The zero-order chi connectivity index (χ0) is 18.9. The molecule has 1 aromatic heterocycles. The summed E-state index contributed by atoms with van der Waals surface area (Å²) in [6.07, 6.45) is 0.856. The third-order valence-corrected chi connectivity index (χ3v) is 3.99. The molecule has 27 heavy (non-hydrogen) atoms. The van der Waals surface area contributed by atoms with Crippen molar-refractivity contribution in [2.75, 3.05) is 32.7 Å². The summed E-state index contributed by atoms with van der Waals surface area (Å²) in [7, 11) is 3.42. The summed E-state index contributed by atoms with van der Waals surface area (Å²) in [4.78, 5) is 4.26. The largest absolute Gasteiger partial charge is 0.493 e. The molecule has 2 aromatic carbocycles. The van der Waals surface area contributed by atoms with Crippen LogP contribution in [0.25, 0.3) is 11.0 Å². The molecule has 2 N–H and O–H groups in total. The van der Waals surface area contributed by atoms with Crippen LogP contribution in [0.15, 0.2) is 64.0 Å². The van der Waals surface area contributed by atoms with Crippen molar-refractivity contribution in [1.29, 1.82) is 0 Å². The lowest BCUT2D eigenvalue weighted by Crippen LogP contribution is -2.30. The third kappa shape index (κ3) is 5.49. The number of aliphatic imine (C=N–C) groups is 1. The van der Waals surface area contributed by atoms with Crippen LogP contribution in [0.3, 0.4) is 0 Å². The quantitative estimate of drug-likeness (QED) is 0.357. The van der Waals surface area contributed by atoms with E-state index in [2.05, 4.69) is 15.6 Å². The fourth-order valence-electron chi connectivity index (χ4n) is 2.67. The lowest BCUT2D eigenvalue weighted by atomic mass is 10.2. The Morgan fingerprint density at radius 2 is 1.96 bits per heavy atom. The maximum absolute atomic E-state index is 5.82. The van der Waals surface area contributed by atoms with E-state index in [-0.39, 0.29) is 0 Å². The first-order chi connectivity index (χ1) is 13.3. The molecule has 3 aromatic rings. The maximum Gasteiger partial charge on any atom is 0.195 e. The van der Waals surface area contributed by atoms with Gasteiger partial charge in [-0.2, -0.15) is 0 Å². The summed E-state index contributed by atoms with van der Waals surface area (Å²) in [5.74, 6) is 2.32. The van der Waals surface area contributed by atoms with Gasteiger partial charge in [0.25, 0.3) is 0 Å². The van der Waals surface area contributed by atoms with E-state index in [9.17, 15) is 0 Å². The van der Waals surface area contributed by atoms with Crippen LogP contribution in [0.1, 0.15) is 12.2 Å². The average molecular weight is 367 g/mol. The van der Waals surface area contributed by atoms with E-state index in [4.69, 9.17) is 13.9 Å². The molecule has 3 rings (SSSR count). The molecule has 0 fully saturated rings. The molecule has 0 radical (unpaired) electrons. The van der Waals surface area contributed by atoms with Gasteiger partial charge in [-0.3, -0.25) is 4.99 Å². The molecule has 0 saturated carbocycles. The molecule has 6 nitrogen and oxygen atoms in total. The van der Waals surface area contributed by atoms with Gasteiger partial charge < -0.3 is 24.5 Å². The summed E-state index contributed by atoms with van der Waals surface area (Å²) in [6.45, 7) is 1.86. The molecule has 142 valence electrons. The van der Waals surface area contributed by atoms with Crippen LogP contribution < -0.4 is 15.4 Å². The Kier molecular flexibility index (Phi) is 6.71. The number of nitrogens with one attached hydrogen (secondary N) is 2. The molecule has 0 spiro atoms. The minimum Gasteiger partial charge on any atom is -0.493 e. The van der Waals surface area contributed by atoms with Gasteiger partial charge in [-0.25, -0.2) is 0 Å². The predicted molar refractivity (Wildman–Crippen MR) is 108 cm³/mol. The Balaban J connectivity index is 1.55. The van der Waals surface area contributed by atoms with Crippen LogP contribution in [0.4, 0.5) is 5.69 Å². The van der Waals surface area contributed by atoms with Gasteiger partial charge in [-0.05, 0) is 24.3 Å².